The summed E-state index contributed by atoms with van der Waals surface area (Å²) in [6, 6.07) is 0. The molecular formula is C22H41NO2. The SMILES string of the molecule is CCC(C)(C)OCC(C)(C)NC(=O)CC1(C)CC2CC(C)CC(C2)C1. The maximum atomic E-state index is 12.7. The van der Waals surface area contributed by atoms with E-state index in [0.29, 0.717) is 13.0 Å². The van der Waals surface area contributed by atoms with Gasteiger partial charge in [0.15, 0.2) is 0 Å². The molecule has 0 spiro atoms. The second-order valence-electron chi connectivity index (χ2n) is 10.8. The van der Waals surface area contributed by atoms with Crippen LogP contribution in [0.3, 0.4) is 0 Å². The highest BCUT2D eigenvalue weighted by Gasteiger charge is 2.42. The van der Waals surface area contributed by atoms with Crippen LogP contribution in [0.4, 0.5) is 0 Å². The van der Waals surface area contributed by atoms with Crippen molar-refractivity contribution >= 4 is 5.91 Å². The van der Waals surface area contributed by atoms with Crippen molar-refractivity contribution in [1.82, 2.24) is 5.32 Å². The van der Waals surface area contributed by atoms with Gasteiger partial charge in [0.25, 0.3) is 0 Å². The van der Waals surface area contributed by atoms with Crippen molar-refractivity contribution < 1.29 is 9.53 Å². The van der Waals surface area contributed by atoms with Crippen LogP contribution in [0.15, 0.2) is 0 Å². The molecule has 2 rings (SSSR count). The number of hydrogen-bond donors (Lipinski definition) is 1. The van der Waals surface area contributed by atoms with Crippen LogP contribution in [0.2, 0.25) is 0 Å². The summed E-state index contributed by atoms with van der Waals surface area (Å²) in [7, 11) is 0. The molecule has 0 saturated heterocycles. The van der Waals surface area contributed by atoms with E-state index in [2.05, 4.69) is 53.8 Å². The second-order valence-corrected chi connectivity index (χ2v) is 10.8. The summed E-state index contributed by atoms with van der Waals surface area (Å²) < 4.78 is 6.02. The number of ether oxygens (including phenoxy) is 1. The maximum Gasteiger partial charge on any atom is 0.221 e. The Hall–Kier alpha value is -0.570. The molecule has 0 aromatic carbocycles. The average Bonchev–Trinajstić information content (AvgIpc) is 2.42. The number of carbonyl (C=O) groups is 1. The average molecular weight is 352 g/mol. The van der Waals surface area contributed by atoms with Crippen LogP contribution < -0.4 is 5.32 Å². The van der Waals surface area contributed by atoms with Crippen molar-refractivity contribution in [2.45, 2.75) is 105 Å². The second kappa shape index (κ2) is 7.58. The van der Waals surface area contributed by atoms with E-state index in [1.807, 2.05) is 0 Å². The number of rotatable bonds is 7. The lowest BCUT2D eigenvalue weighted by molar-refractivity contribution is -0.128. The maximum absolute atomic E-state index is 12.7. The molecule has 3 heteroatoms. The van der Waals surface area contributed by atoms with Crippen LogP contribution >= 0.6 is 0 Å². The first-order chi connectivity index (χ1) is 11.4. The molecule has 2 bridgehead atoms. The molecule has 0 heterocycles. The first-order valence-electron chi connectivity index (χ1n) is 10.4. The Labute approximate surface area is 155 Å². The molecule has 2 aliphatic rings. The fraction of sp³-hybridized carbons (Fsp3) is 0.955. The van der Waals surface area contributed by atoms with Crippen LogP contribution in [0, 0.1) is 23.2 Å². The highest BCUT2D eigenvalue weighted by atomic mass is 16.5. The molecule has 0 radical (unpaired) electrons. The van der Waals surface area contributed by atoms with Gasteiger partial charge in [-0.1, -0.05) is 20.8 Å². The fourth-order valence-electron chi connectivity index (χ4n) is 5.18. The summed E-state index contributed by atoms with van der Waals surface area (Å²) in [5.74, 6) is 2.74. The van der Waals surface area contributed by atoms with Crippen molar-refractivity contribution in [3.63, 3.8) is 0 Å². The lowest BCUT2D eigenvalue weighted by Gasteiger charge is -2.47. The van der Waals surface area contributed by atoms with E-state index in [0.717, 1.165) is 24.2 Å². The number of carbonyl (C=O) groups excluding carboxylic acids is 1. The summed E-state index contributed by atoms with van der Waals surface area (Å²) >= 11 is 0. The largest absolute Gasteiger partial charge is 0.373 e. The molecule has 25 heavy (non-hydrogen) atoms. The Kier molecular flexibility index (Phi) is 6.29. The lowest BCUT2D eigenvalue weighted by atomic mass is 9.58. The van der Waals surface area contributed by atoms with E-state index < -0.39 is 0 Å². The molecule has 1 N–H and O–H groups in total. The first kappa shape index (κ1) is 20.7. The molecule has 2 saturated carbocycles. The minimum absolute atomic E-state index is 0.133. The Morgan fingerprint density at radius 2 is 1.68 bits per heavy atom. The molecule has 0 aliphatic heterocycles. The van der Waals surface area contributed by atoms with Gasteiger partial charge < -0.3 is 10.1 Å². The molecular weight excluding hydrogens is 310 g/mol. The summed E-state index contributed by atoms with van der Waals surface area (Å²) in [5, 5.41) is 3.24. The lowest BCUT2D eigenvalue weighted by Crippen LogP contribution is -2.50. The Morgan fingerprint density at radius 1 is 1.12 bits per heavy atom. The number of amides is 1. The van der Waals surface area contributed by atoms with Gasteiger partial charge in [0.2, 0.25) is 5.91 Å². The molecule has 2 aliphatic carbocycles. The van der Waals surface area contributed by atoms with Crippen molar-refractivity contribution in [2.24, 2.45) is 23.2 Å². The predicted molar refractivity (Wildman–Crippen MR) is 104 cm³/mol. The fourth-order valence-corrected chi connectivity index (χ4v) is 5.18. The number of nitrogens with one attached hydrogen (secondary N) is 1. The Bertz CT molecular complexity index is 451. The van der Waals surface area contributed by atoms with Crippen molar-refractivity contribution in [3.8, 4) is 0 Å². The van der Waals surface area contributed by atoms with Gasteiger partial charge in [0.05, 0.1) is 17.7 Å². The normalized spacial score (nSPS) is 33.2. The summed E-state index contributed by atoms with van der Waals surface area (Å²) in [4.78, 5) is 12.7. The smallest absolute Gasteiger partial charge is 0.221 e. The summed E-state index contributed by atoms with van der Waals surface area (Å²) in [6.07, 6.45) is 8.19. The van der Waals surface area contributed by atoms with Gasteiger partial charge in [-0.05, 0) is 89.4 Å². The summed E-state index contributed by atoms with van der Waals surface area (Å²) in [5.41, 5.74) is -0.276. The quantitative estimate of drug-likeness (QED) is 0.673. The van der Waals surface area contributed by atoms with E-state index in [9.17, 15) is 4.79 Å². The van der Waals surface area contributed by atoms with Crippen molar-refractivity contribution in [1.29, 1.82) is 0 Å². The highest BCUT2D eigenvalue weighted by Crippen LogP contribution is 2.51. The highest BCUT2D eigenvalue weighted by molar-refractivity contribution is 5.77. The zero-order valence-electron chi connectivity index (χ0n) is 17.7. The van der Waals surface area contributed by atoms with E-state index in [1.54, 1.807) is 0 Å². The van der Waals surface area contributed by atoms with Gasteiger partial charge in [0, 0.05) is 6.42 Å². The van der Waals surface area contributed by atoms with Crippen LogP contribution in [0.25, 0.3) is 0 Å². The Morgan fingerprint density at radius 3 is 2.20 bits per heavy atom. The van der Waals surface area contributed by atoms with E-state index >= 15 is 0 Å². The molecule has 146 valence electrons. The van der Waals surface area contributed by atoms with Crippen molar-refractivity contribution in [3.05, 3.63) is 0 Å². The number of fused-ring (bicyclic) bond motifs is 2. The third kappa shape index (κ3) is 6.27. The van der Waals surface area contributed by atoms with Crippen LogP contribution in [-0.2, 0) is 9.53 Å². The Balaban J connectivity index is 1.86. The van der Waals surface area contributed by atoms with Crippen LogP contribution in [-0.4, -0.2) is 23.7 Å². The molecule has 2 unspecified atom stereocenters. The molecule has 0 aromatic rings. The predicted octanol–water partition coefficient (Wildman–Crippen LogP) is 5.33. The van der Waals surface area contributed by atoms with Crippen molar-refractivity contribution in [2.75, 3.05) is 6.61 Å². The molecule has 1 amide bonds. The number of hydrogen-bond acceptors (Lipinski definition) is 2. The zero-order valence-corrected chi connectivity index (χ0v) is 17.7. The van der Waals surface area contributed by atoms with Gasteiger partial charge in [0.1, 0.15) is 0 Å². The standard InChI is InChI=1S/C22H41NO2/c1-8-21(5,6)25-15-20(3,4)23-19(24)14-22(7)12-17-9-16(2)10-18(11-17)13-22/h16-18H,8-15H2,1-7H3,(H,23,24). The molecule has 3 nitrogen and oxygen atoms in total. The monoisotopic (exact) mass is 351 g/mol. The zero-order chi connectivity index (χ0) is 18.9. The minimum atomic E-state index is -0.321. The summed E-state index contributed by atoms with van der Waals surface area (Å²) in [6.45, 7) is 15.8. The van der Waals surface area contributed by atoms with Gasteiger partial charge in [-0.25, -0.2) is 0 Å². The van der Waals surface area contributed by atoms with E-state index in [4.69, 9.17) is 4.74 Å². The van der Waals surface area contributed by atoms with E-state index in [-0.39, 0.29) is 22.5 Å². The molecule has 2 fully saturated rings. The third-order valence-electron chi connectivity index (χ3n) is 6.44. The van der Waals surface area contributed by atoms with Gasteiger partial charge in [-0.15, -0.1) is 0 Å². The van der Waals surface area contributed by atoms with Gasteiger partial charge in [-0.2, -0.15) is 0 Å². The first-order valence-corrected chi connectivity index (χ1v) is 10.4. The molecule has 2 atom stereocenters. The third-order valence-corrected chi connectivity index (χ3v) is 6.44. The topological polar surface area (TPSA) is 38.3 Å². The minimum Gasteiger partial charge on any atom is -0.373 e. The van der Waals surface area contributed by atoms with Gasteiger partial charge in [-0.3, -0.25) is 4.79 Å². The van der Waals surface area contributed by atoms with E-state index in [1.165, 1.54) is 32.1 Å². The van der Waals surface area contributed by atoms with Crippen LogP contribution in [0.1, 0.15) is 93.4 Å². The van der Waals surface area contributed by atoms with Gasteiger partial charge >= 0.3 is 0 Å². The molecule has 0 aromatic heterocycles. The van der Waals surface area contributed by atoms with Crippen LogP contribution in [0.5, 0.6) is 0 Å².